The third kappa shape index (κ3) is 12.5. The van der Waals surface area contributed by atoms with E-state index in [1.807, 2.05) is 0 Å². The van der Waals surface area contributed by atoms with E-state index in [1.54, 1.807) is 0 Å². The fraction of sp³-hybridized carbons (Fsp3) is 0.710. The quantitative estimate of drug-likeness (QED) is 0.132. The fourth-order valence-electron chi connectivity index (χ4n) is 4.90. The van der Waals surface area contributed by atoms with Crippen LogP contribution in [0.3, 0.4) is 0 Å². The molecule has 0 N–H and O–H groups in total. The molecule has 0 atom stereocenters. The Kier molecular flexibility index (Phi) is 15.8. The molecule has 2 heteroatoms. The van der Waals surface area contributed by atoms with Crippen molar-refractivity contribution in [3.8, 4) is 0 Å². The van der Waals surface area contributed by atoms with E-state index < -0.39 is 0 Å². The largest absolute Gasteiger partial charge is 0.260 e. The van der Waals surface area contributed by atoms with E-state index in [2.05, 4.69) is 65.7 Å². The maximum atomic E-state index is 2.54. The molecule has 0 saturated carbocycles. The summed E-state index contributed by atoms with van der Waals surface area (Å²) in [6.45, 7) is 6.93. The second-order valence-corrected chi connectivity index (χ2v) is 10.1. The van der Waals surface area contributed by atoms with Crippen LogP contribution in [0.1, 0.15) is 134 Å². The van der Waals surface area contributed by atoms with Crippen LogP contribution in [-0.4, -0.2) is 4.57 Å². The first-order chi connectivity index (χ1) is 16.3. The van der Waals surface area contributed by atoms with Crippen molar-refractivity contribution in [2.75, 3.05) is 0 Å². The number of hydrogen-bond acceptors (Lipinski definition) is 0. The van der Waals surface area contributed by atoms with E-state index in [-0.39, 0.29) is 0 Å². The average Bonchev–Trinajstić information content (AvgIpc) is 3.21. The molecule has 0 aliphatic rings. The SMILES string of the molecule is CCCCCCCCCCCCC[n+]1ccn(CCCCCCCC)c1Cc1ccccc1. The summed E-state index contributed by atoms with van der Waals surface area (Å²) in [7, 11) is 0. The molecule has 0 aliphatic carbocycles. The molecule has 33 heavy (non-hydrogen) atoms. The van der Waals surface area contributed by atoms with Gasteiger partial charge < -0.3 is 0 Å². The predicted octanol–water partition coefficient (Wildman–Crippen LogP) is 9.04. The van der Waals surface area contributed by atoms with E-state index in [4.69, 9.17) is 0 Å². The Morgan fingerprint density at radius 2 is 1.12 bits per heavy atom. The van der Waals surface area contributed by atoms with Crippen LogP contribution in [0.25, 0.3) is 0 Å². The zero-order chi connectivity index (χ0) is 23.4. The zero-order valence-corrected chi connectivity index (χ0v) is 22.1. The molecule has 0 spiro atoms. The summed E-state index contributed by atoms with van der Waals surface area (Å²) in [5.41, 5.74) is 1.42. The van der Waals surface area contributed by atoms with E-state index in [0.29, 0.717) is 0 Å². The Morgan fingerprint density at radius 3 is 1.70 bits per heavy atom. The number of unbranched alkanes of at least 4 members (excludes halogenated alkanes) is 15. The molecule has 2 aromatic rings. The van der Waals surface area contributed by atoms with Gasteiger partial charge in [0.05, 0.1) is 19.5 Å². The molecule has 1 aromatic heterocycles. The Bertz CT molecular complexity index is 688. The lowest BCUT2D eigenvalue weighted by Crippen LogP contribution is -2.37. The van der Waals surface area contributed by atoms with Gasteiger partial charge in [-0.2, -0.15) is 0 Å². The molecule has 0 aliphatic heterocycles. The van der Waals surface area contributed by atoms with Gasteiger partial charge in [0.15, 0.2) is 0 Å². The topological polar surface area (TPSA) is 8.81 Å². The maximum Gasteiger partial charge on any atom is 0.260 e. The smallest absolute Gasteiger partial charge is 0.234 e. The molecule has 0 fully saturated rings. The van der Waals surface area contributed by atoms with Gasteiger partial charge in [-0.25, -0.2) is 9.13 Å². The minimum atomic E-state index is 1.04. The average molecular weight is 454 g/mol. The number of imidazole rings is 1. The van der Waals surface area contributed by atoms with Gasteiger partial charge in [0.25, 0.3) is 5.82 Å². The minimum absolute atomic E-state index is 1.04. The molecule has 1 aromatic carbocycles. The second kappa shape index (κ2) is 18.8. The summed E-state index contributed by atoms with van der Waals surface area (Å²) in [5, 5.41) is 0. The normalized spacial score (nSPS) is 11.3. The van der Waals surface area contributed by atoms with Crippen LogP contribution in [0.4, 0.5) is 0 Å². The van der Waals surface area contributed by atoms with Gasteiger partial charge in [0.1, 0.15) is 12.4 Å². The van der Waals surface area contributed by atoms with Crippen LogP contribution in [0.5, 0.6) is 0 Å². The molecule has 0 bridgehead atoms. The lowest BCUT2D eigenvalue weighted by Gasteiger charge is -2.07. The van der Waals surface area contributed by atoms with Crippen LogP contribution in [0.2, 0.25) is 0 Å². The summed E-state index contributed by atoms with van der Waals surface area (Å²) in [4.78, 5) is 0. The van der Waals surface area contributed by atoms with Gasteiger partial charge in [-0.05, 0) is 31.2 Å². The van der Waals surface area contributed by atoms with E-state index in [0.717, 1.165) is 6.42 Å². The molecule has 2 rings (SSSR count). The first-order valence-electron chi connectivity index (χ1n) is 14.5. The van der Waals surface area contributed by atoms with Gasteiger partial charge in [0.2, 0.25) is 0 Å². The second-order valence-electron chi connectivity index (χ2n) is 10.1. The van der Waals surface area contributed by atoms with Crippen molar-refractivity contribution in [1.29, 1.82) is 0 Å². The number of nitrogens with zero attached hydrogens (tertiary/aromatic N) is 2. The highest BCUT2D eigenvalue weighted by atomic mass is 15.1. The van der Waals surface area contributed by atoms with E-state index in [9.17, 15) is 0 Å². The van der Waals surface area contributed by atoms with Crippen molar-refractivity contribution in [1.82, 2.24) is 4.57 Å². The summed E-state index contributed by atoms with van der Waals surface area (Å²) >= 11 is 0. The number of hydrogen-bond donors (Lipinski definition) is 0. The molecular formula is C31H53N2+. The first-order valence-corrected chi connectivity index (χ1v) is 14.5. The molecule has 186 valence electrons. The standard InChI is InChI=1S/C31H53N2/c1-3-5-7-9-11-12-13-14-15-17-22-26-33-28-27-32(25-21-16-10-8-6-4-2)31(33)29-30-23-19-18-20-24-30/h18-20,23-24,27-28H,3-17,21-22,25-26,29H2,1-2H3/q+1. The Hall–Kier alpha value is -1.57. The summed E-state index contributed by atoms with van der Waals surface area (Å²) in [6.07, 6.45) is 29.4. The Morgan fingerprint density at radius 1 is 0.606 bits per heavy atom. The van der Waals surface area contributed by atoms with Crippen LogP contribution < -0.4 is 4.57 Å². The molecule has 0 unspecified atom stereocenters. The Labute approximate surface area is 205 Å². The highest BCUT2D eigenvalue weighted by Gasteiger charge is 2.17. The van der Waals surface area contributed by atoms with Gasteiger partial charge >= 0.3 is 0 Å². The lowest BCUT2D eigenvalue weighted by atomic mass is 10.1. The van der Waals surface area contributed by atoms with Gasteiger partial charge in [0, 0.05) is 0 Å². The van der Waals surface area contributed by atoms with Crippen LogP contribution >= 0.6 is 0 Å². The molecule has 0 radical (unpaired) electrons. The Balaban J connectivity index is 1.73. The van der Waals surface area contributed by atoms with Gasteiger partial charge in [-0.1, -0.05) is 128 Å². The fourth-order valence-corrected chi connectivity index (χ4v) is 4.90. The van der Waals surface area contributed by atoms with Crippen LogP contribution in [0.15, 0.2) is 42.7 Å². The highest BCUT2D eigenvalue weighted by molar-refractivity contribution is 5.18. The zero-order valence-electron chi connectivity index (χ0n) is 22.1. The molecular weight excluding hydrogens is 400 g/mol. The minimum Gasteiger partial charge on any atom is -0.234 e. The van der Waals surface area contributed by atoms with Crippen molar-refractivity contribution < 1.29 is 4.57 Å². The first kappa shape index (κ1) is 27.7. The number of benzene rings is 1. The monoisotopic (exact) mass is 453 g/mol. The number of rotatable bonds is 21. The summed E-state index contributed by atoms with van der Waals surface area (Å²) in [5.74, 6) is 1.49. The van der Waals surface area contributed by atoms with E-state index >= 15 is 0 Å². The van der Waals surface area contributed by atoms with Crippen molar-refractivity contribution >= 4 is 0 Å². The maximum absolute atomic E-state index is 2.54. The van der Waals surface area contributed by atoms with Crippen molar-refractivity contribution in [2.45, 2.75) is 143 Å². The van der Waals surface area contributed by atoms with Gasteiger partial charge in [-0.15, -0.1) is 0 Å². The number of aromatic nitrogens is 2. The predicted molar refractivity (Wildman–Crippen MR) is 144 cm³/mol. The van der Waals surface area contributed by atoms with E-state index in [1.165, 1.54) is 134 Å². The van der Waals surface area contributed by atoms with Crippen molar-refractivity contribution in [3.05, 3.63) is 54.1 Å². The van der Waals surface area contributed by atoms with Crippen LogP contribution in [0, 0.1) is 0 Å². The highest BCUT2D eigenvalue weighted by Crippen LogP contribution is 2.13. The van der Waals surface area contributed by atoms with Crippen molar-refractivity contribution in [3.63, 3.8) is 0 Å². The molecule has 0 amide bonds. The van der Waals surface area contributed by atoms with Crippen LogP contribution in [-0.2, 0) is 19.5 Å². The summed E-state index contributed by atoms with van der Waals surface area (Å²) in [6, 6.07) is 11.0. The molecule has 1 heterocycles. The molecule has 0 saturated heterocycles. The van der Waals surface area contributed by atoms with Gasteiger partial charge in [-0.3, -0.25) is 0 Å². The summed E-state index contributed by atoms with van der Waals surface area (Å²) < 4.78 is 5.07. The number of aryl methyl sites for hydroxylation is 2. The lowest BCUT2D eigenvalue weighted by molar-refractivity contribution is -0.703. The third-order valence-corrected chi connectivity index (χ3v) is 7.05. The molecule has 2 nitrogen and oxygen atoms in total. The van der Waals surface area contributed by atoms with Crippen molar-refractivity contribution in [2.24, 2.45) is 0 Å². The third-order valence-electron chi connectivity index (χ3n) is 7.05.